The molecule has 5 heteroatoms. The molecule has 0 fully saturated rings. The Morgan fingerprint density at radius 1 is 1.11 bits per heavy atom. The van der Waals surface area contributed by atoms with Gasteiger partial charge in [-0.25, -0.2) is 9.18 Å². The fraction of sp³-hybridized carbons (Fsp3) is 0. The Balaban J connectivity index is 2.39. The van der Waals surface area contributed by atoms with Gasteiger partial charge in [0, 0.05) is 0 Å². The van der Waals surface area contributed by atoms with Gasteiger partial charge >= 0.3 is 5.97 Å². The van der Waals surface area contributed by atoms with Crippen LogP contribution in [0.4, 0.5) is 21.5 Å². The lowest BCUT2D eigenvalue weighted by atomic mass is 10.1. The molecule has 0 saturated carbocycles. The third-order valence-electron chi connectivity index (χ3n) is 2.48. The third-order valence-corrected chi connectivity index (χ3v) is 2.48. The predicted octanol–water partition coefficient (Wildman–Crippen LogP) is 2.85. The normalized spacial score (nSPS) is 10.1. The van der Waals surface area contributed by atoms with Crippen LogP contribution in [0.1, 0.15) is 10.4 Å². The van der Waals surface area contributed by atoms with E-state index < -0.39 is 11.8 Å². The average Bonchev–Trinajstić information content (AvgIpc) is 2.34. The molecule has 2 aromatic rings. The van der Waals surface area contributed by atoms with Crippen LogP contribution in [0.2, 0.25) is 0 Å². The number of carbonyl (C=O) groups is 1. The molecule has 0 spiro atoms. The van der Waals surface area contributed by atoms with E-state index in [1.54, 1.807) is 30.3 Å². The van der Waals surface area contributed by atoms with Gasteiger partial charge in [0.2, 0.25) is 0 Å². The van der Waals surface area contributed by atoms with Crippen molar-refractivity contribution in [2.45, 2.75) is 0 Å². The molecule has 0 aliphatic heterocycles. The van der Waals surface area contributed by atoms with Crippen molar-refractivity contribution in [1.82, 2.24) is 0 Å². The highest BCUT2D eigenvalue weighted by Gasteiger charge is 2.11. The molecule has 18 heavy (non-hydrogen) atoms. The molecule has 0 heterocycles. The van der Waals surface area contributed by atoms with E-state index in [-0.39, 0.29) is 16.9 Å². The summed E-state index contributed by atoms with van der Waals surface area (Å²) >= 11 is 0. The van der Waals surface area contributed by atoms with Crippen LogP contribution in [-0.2, 0) is 0 Å². The number of anilines is 3. The van der Waals surface area contributed by atoms with Gasteiger partial charge in [0.15, 0.2) is 0 Å². The Hall–Kier alpha value is -2.56. The molecule has 4 N–H and O–H groups in total. The first-order chi connectivity index (χ1) is 8.59. The van der Waals surface area contributed by atoms with E-state index >= 15 is 0 Å². The number of aromatic carboxylic acids is 1. The van der Waals surface area contributed by atoms with Crippen LogP contribution in [0.25, 0.3) is 0 Å². The Labute approximate surface area is 103 Å². The second kappa shape index (κ2) is 4.75. The van der Waals surface area contributed by atoms with E-state index in [0.29, 0.717) is 5.69 Å². The minimum atomic E-state index is -1.12. The molecule has 0 aliphatic rings. The zero-order chi connectivity index (χ0) is 13.1. The Morgan fingerprint density at radius 3 is 2.44 bits per heavy atom. The summed E-state index contributed by atoms with van der Waals surface area (Å²) in [6.07, 6.45) is 0. The minimum absolute atomic E-state index is 0.0173. The third kappa shape index (κ3) is 2.24. The highest BCUT2D eigenvalue weighted by atomic mass is 19.1. The Kier molecular flexibility index (Phi) is 3.14. The smallest absolute Gasteiger partial charge is 0.337 e. The molecule has 0 amide bonds. The topological polar surface area (TPSA) is 75.3 Å². The maximum Gasteiger partial charge on any atom is 0.337 e. The fourth-order valence-corrected chi connectivity index (χ4v) is 1.57. The summed E-state index contributed by atoms with van der Waals surface area (Å²) in [6, 6.07) is 10.6. The van der Waals surface area contributed by atoms with Crippen LogP contribution in [0.3, 0.4) is 0 Å². The average molecular weight is 246 g/mol. The zero-order valence-corrected chi connectivity index (χ0v) is 9.35. The molecule has 0 bridgehead atoms. The number of hydrogen-bond donors (Lipinski definition) is 3. The molecule has 0 aromatic heterocycles. The summed E-state index contributed by atoms with van der Waals surface area (Å²) in [5.41, 5.74) is 6.38. The van der Waals surface area contributed by atoms with Crippen LogP contribution < -0.4 is 11.1 Å². The second-order valence-corrected chi connectivity index (χ2v) is 3.68. The summed E-state index contributed by atoms with van der Waals surface area (Å²) in [5.74, 6) is -1.55. The Bertz CT molecular complexity index is 599. The number of rotatable bonds is 3. The maximum absolute atomic E-state index is 13.4. The zero-order valence-electron chi connectivity index (χ0n) is 9.35. The van der Waals surface area contributed by atoms with Gasteiger partial charge in [0.1, 0.15) is 5.82 Å². The number of halogens is 1. The van der Waals surface area contributed by atoms with Crippen LogP contribution in [0, 0.1) is 5.82 Å². The summed E-state index contributed by atoms with van der Waals surface area (Å²) in [6.45, 7) is 0. The molecule has 2 aromatic carbocycles. The molecule has 0 radical (unpaired) electrons. The lowest BCUT2D eigenvalue weighted by Crippen LogP contribution is -2.05. The van der Waals surface area contributed by atoms with E-state index in [0.717, 1.165) is 0 Å². The van der Waals surface area contributed by atoms with Gasteiger partial charge in [0.05, 0.1) is 22.6 Å². The van der Waals surface area contributed by atoms with Gasteiger partial charge in [0.25, 0.3) is 0 Å². The van der Waals surface area contributed by atoms with Crippen molar-refractivity contribution in [2.75, 3.05) is 11.1 Å². The van der Waals surface area contributed by atoms with E-state index in [1.165, 1.54) is 12.1 Å². The summed E-state index contributed by atoms with van der Waals surface area (Å²) < 4.78 is 13.4. The van der Waals surface area contributed by atoms with Crippen molar-refractivity contribution in [1.29, 1.82) is 0 Å². The quantitative estimate of drug-likeness (QED) is 0.728. The number of carboxylic acids is 1. The SMILES string of the molecule is Nc1c(Nc2ccccc2F)cccc1C(=O)O. The number of nitrogens with two attached hydrogens (primary N) is 1. The summed E-state index contributed by atoms with van der Waals surface area (Å²) in [7, 11) is 0. The van der Waals surface area contributed by atoms with Crippen LogP contribution in [-0.4, -0.2) is 11.1 Å². The van der Waals surface area contributed by atoms with Crippen molar-refractivity contribution in [2.24, 2.45) is 0 Å². The number of benzene rings is 2. The van der Waals surface area contributed by atoms with Gasteiger partial charge in [-0.3, -0.25) is 0 Å². The predicted molar refractivity (Wildman–Crippen MR) is 67.5 cm³/mol. The van der Waals surface area contributed by atoms with E-state index in [2.05, 4.69) is 5.32 Å². The van der Waals surface area contributed by atoms with Crippen molar-refractivity contribution in [3.8, 4) is 0 Å². The maximum atomic E-state index is 13.4. The van der Waals surface area contributed by atoms with Gasteiger partial charge in [-0.05, 0) is 24.3 Å². The lowest BCUT2D eigenvalue weighted by molar-refractivity contribution is 0.0698. The molecule has 4 nitrogen and oxygen atoms in total. The monoisotopic (exact) mass is 246 g/mol. The van der Waals surface area contributed by atoms with Crippen molar-refractivity contribution < 1.29 is 14.3 Å². The Morgan fingerprint density at radius 2 is 1.78 bits per heavy atom. The molecule has 0 atom stereocenters. The van der Waals surface area contributed by atoms with Gasteiger partial charge < -0.3 is 16.2 Å². The fourth-order valence-electron chi connectivity index (χ4n) is 1.57. The van der Waals surface area contributed by atoms with E-state index in [9.17, 15) is 9.18 Å². The second-order valence-electron chi connectivity index (χ2n) is 3.68. The molecule has 0 saturated heterocycles. The summed E-state index contributed by atoms with van der Waals surface area (Å²) in [4.78, 5) is 10.9. The van der Waals surface area contributed by atoms with E-state index in [1.807, 2.05) is 0 Å². The molecule has 92 valence electrons. The molecule has 2 rings (SSSR count). The lowest BCUT2D eigenvalue weighted by Gasteiger charge is -2.11. The highest BCUT2D eigenvalue weighted by molar-refractivity contribution is 5.97. The van der Waals surface area contributed by atoms with Crippen molar-refractivity contribution in [3.63, 3.8) is 0 Å². The van der Waals surface area contributed by atoms with Gasteiger partial charge in [-0.1, -0.05) is 18.2 Å². The largest absolute Gasteiger partial charge is 0.478 e. The number of hydrogen-bond acceptors (Lipinski definition) is 3. The standard InChI is InChI=1S/C13H11FN2O2/c14-9-5-1-2-6-10(9)16-11-7-3-4-8(12(11)15)13(17)18/h1-7,16H,15H2,(H,17,18). The van der Waals surface area contributed by atoms with Crippen molar-refractivity contribution in [3.05, 3.63) is 53.8 Å². The number of nitrogens with one attached hydrogen (secondary N) is 1. The first-order valence-electron chi connectivity index (χ1n) is 5.23. The molecule has 0 unspecified atom stereocenters. The molecular weight excluding hydrogens is 235 g/mol. The first kappa shape index (κ1) is 11.9. The molecular formula is C13H11FN2O2. The van der Waals surface area contributed by atoms with Crippen LogP contribution in [0.5, 0.6) is 0 Å². The van der Waals surface area contributed by atoms with Crippen LogP contribution in [0.15, 0.2) is 42.5 Å². The van der Waals surface area contributed by atoms with E-state index in [4.69, 9.17) is 10.8 Å². The van der Waals surface area contributed by atoms with Crippen molar-refractivity contribution >= 4 is 23.0 Å². The van der Waals surface area contributed by atoms with Crippen LogP contribution >= 0.6 is 0 Å². The van der Waals surface area contributed by atoms with Gasteiger partial charge in [-0.2, -0.15) is 0 Å². The first-order valence-corrected chi connectivity index (χ1v) is 5.23. The minimum Gasteiger partial charge on any atom is -0.478 e. The highest BCUT2D eigenvalue weighted by Crippen LogP contribution is 2.27. The number of para-hydroxylation sites is 2. The number of carboxylic acid groups (broad SMARTS) is 1. The molecule has 0 aliphatic carbocycles. The summed E-state index contributed by atoms with van der Waals surface area (Å²) in [5, 5.41) is 11.7. The van der Waals surface area contributed by atoms with Gasteiger partial charge in [-0.15, -0.1) is 0 Å². The number of nitrogen functional groups attached to an aromatic ring is 1.